The molecule has 0 aromatic heterocycles. The smallest absolute Gasteiger partial charge is 0.237 e. The van der Waals surface area contributed by atoms with Gasteiger partial charge in [-0.2, -0.15) is 0 Å². The van der Waals surface area contributed by atoms with Crippen LogP contribution in [0, 0.1) is 6.92 Å². The van der Waals surface area contributed by atoms with Gasteiger partial charge < -0.3 is 5.32 Å². The van der Waals surface area contributed by atoms with Crippen LogP contribution in [0.25, 0.3) is 0 Å². The molecule has 104 valence electrons. The number of hydrogen-bond acceptors (Lipinski definition) is 2. The second kappa shape index (κ2) is 7.15. The molecule has 1 N–H and O–H groups in total. The van der Waals surface area contributed by atoms with Crippen LogP contribution in [-0.4, -0.2) is 11.2 Å². The van der Waals surface area contributed by atoms with Gasteiger partial charge in [0.2, 0.25) is 5.91 Å². The Balaban J connectivity index is 1.86. The van der Waals surface area contributed by atoms with Crippen molar-refractivity contribution in [2.45, 2.75) is 24.9 Å². The van der Waals surface area contributed by atoms with Crippen molar-refractivity contribution in [3.8, 4) is 0 Å². The van der Waals surface area contributed by atoms with Gasteiger partial charge in [-0.15, -0.1) is 11.8 Å². The number of anilines is 1. The Kier molecular flexibility index (Phi) is 5.24. The van der Waals surface area contributed by atoms with Crippen LogP contribution in [-0.2, 0) is 10.5 Å². The van der Waals surface area contributed by atoms with Crippen molar-refractivity contribution >= 4 is 23.4 Å². The van der Waals surface area contributed by atoms with Crippen molar-refractivity contribution in [3.63, 3.8) is 0 Å². The maximum Gasteiger partial charge on any atom is 0.237 e. The van der Waals surface area contributed by atoms with E-state index < -0.39 is 0 Å². The number of carbonyl (C=O) groups is 1. The van der Waals surface area contributed by atoms with Gasteiger partial charge in [-0.1, -0.05) is 42.5 Å². The lowest BCUT2D eigenvalue weighted by Crippen LogP contribution is -2.22. The summed E-state index contributed by atoms with van der Waals surface area (Å²) in [5.74, 6) is 0.903. The van der Waals surface area contributed by atoms with Crippen molar-refractivity contribution < 1.29 is 4.79 Å². The van der Waals surface area contributed by atoms with Crippen molar-refractivity contribution in [1.29, 1.82) is 0 Å². The van der Waals surface area contributed by atoms with Crippen molar-refractivity contribution in [2.24, 2.45) is 0 Å². The molecule has 2 aromatic carbocycles. The summed E-state index contributed by atoms with van der Waals surface area (Å²) >= 11 is 1.65. The van der Waals surface area contributed by atoms with E-state index in [4.69, 9.17) is 0 Å². The molecular formula is C17H19NOS. The molecule has 3 heteroatoms. The van der Waals surface area contributed by atoms with Gasteiger partial charge >= 0.3 is 0 Å². The second-order valence-electron chi connectivity index (χ2n) is 4.80. The van der Waals surface area contributed by atoms with Crippen LogP contribution >= 0.6 is 11.8 Å². The standard InChI is InChI=1S/C17H19NOS/c1-13-7-6-10-16(11-13)18-17(19)14(2)20-12-15-8-4-3-5-9-15/h3-11,14H,12H2,1-2H3,(H,18,19)/t14-/m0/s1. The van der Waals surface area contributed by atoms with E-state index in [-0.39, 0.29) is 11.2 Å². The molecule has 0 unspecified atom stereocenters. The zero-order chi connectivity index (χ0) is 14.4. The molecular weight excluding hydrogens is 266 g/mol. The van der Waals surface area contributed by atoms with Crippen LogP contribution in [0.5, 0.6) is 0 Å². The number of rotatable bonds is 5. The van der Waals surface area contributed by atoms with E-state index in [0.29, 0.717) is 0 Å². The highest BCUT2D eigenvalue weighted by atomic mass is 32.2. The summed E-state index contributed by atoms with van der Waals surface area (Å²) in [6.45, 7) is 3.96. The molecule has 0 fully saturated rings. The Hall–Kier alpha value is -1.74. The van der Waals surface area contributed by atoms with Crippen LogP contribution in [0.1, 0.15) is 18.1 Å². The lowest BCUT2D eigenvalue weighted by atomic mass is 10.2. The predicted octanol–water partition coefficient (Wildman–Crippen LogP) is 4.26. The van der Waals surface area contributed by atoms with Gasteiger partial charge in [0.25, 0.3) is 0 Å². The molecule has 0 heterocycles. The summed E-state index contributed by atoms with van der Waals surface area (Å²) in [5, 5.41) is 2.89. The van der Waals surface area contributed by atoms with Gasteiger partial charge in [0.1, 0.15) is 0 Å². The van der Waals surface area contributed by atoms with Gasteiger partial charge in [0, 0.05) is 11.4 Å². The molecule has 0 bridgehead atoms. The van der Waals surface area contributed by atoms with Gasteiger partial charge in [0.15, 0.2) is 0 Å². The molecule has 0 aliphatic carbocycles. The van der Waals surface area contributed by atoms with E-state index in [1.807, 2.05) is 56.3 Å². The number of thioether (sulfide) groups is 1. The summed E-state index contributed by atoms with van der Waals surface area (Å²) in [7, 11) is 0. The van der Waals surface area contributed by atoms with E-state index in [9.17, 15) is 4.79 Å². The molecule has 1 amide bonds. The Bertz CT molecular complexity index is 568. The summed E-state index contributed by atoms with van der Waals surface area (Å²) < 4.78 is 0. The van der Waals surface area contributed by atoms with E-state index in [2.05, 4.69) is 17.4 Å². The average Bonchev–Trinajstić information content (AvgIpc) is 2.46. The normalized spacial score (nSPS) is 11.9. The van der Waals surface area contributed by atoms with E-state index in [0.717, 1.165) is 17.0 Å². The topological polar surface area (TPSA) is 29.1 Å². The molecule has 2 rings (SSSR count). The number of nitrogens with one attached hydrogen (secondary N) is 1. The minimum Gasteiger partial charge on any atom is -0.325 e. The van der Waals surface area contributed by atoms with Crippen molar-refractivity contribution in [2.75, 3.05) is 5.32 Å². The van der Waals surface area contributed by atoms with Crippen LogP contribution in [0.2, 0.25) is 0 Å². The Morgan fingerprint density at radius 2 is 1.90 bits per heavy atom. The molecule has 0 radical (unpaired) electrons. The summed E-state index contributed by atoms with van der Waals surface area (Å²) in [6, 6.07) is 18.1. The monoisotopic (exact) mass is 285 g/mol. The summed E-state index contributed by atoms with van der Waals surface area (Å²) in [6.07, 6.45) is 0. The molecule has 2 aromatic rings. The zero-order valence-electron chi connectivity index (χ0n) is 11.8. The summed E-state index contributed by atoms with van der Waals surface area (Å²) in [5.41, 5.74) is 3.25. The Morgan fingerprint density at radius 3 is 2.60 bits per heavy atom. The quantitative estimate of drug-likeness (QED) is 0.889. The lowest BCUT2D eigenvalue weighted by Gasteiger charge is -2.12. The fraction of sp³-hybridized carbons (Fsp3) is 0.235. The van der Waals surface area contributed by atoms with E-state index in [1.165, 1.54) is 5.56 Å². The molecule has 0 aliphatic rings. The number of aryl methyl sites for hydroxylation is 1. The Morgan fingerprint density at radius 1 is 1.15 bits per heavy atom. The van der Waals surface area contributed by atoms with Gasteiger partial charge in [-0.05, 0) is 37.1 Å². The molecule has 0 aliphatic heterocycles. The first-order chi connectivity index (χ1) is 9.65. The first-order valence-electron chi connectivity index (χ1n) is 6.68. The van der Waals surface area contributed by atoms with Crippen LogP contribution in [0.3, 0.4) is 0 Å². The number of carbonyl (C=O) groups excluding carboxylic acids is 1. The fourth-order valence-electron chi connectivity index (χ4n) is 1.84. The Labute approximate surface area is 124 Å². The van der Waals surface area contributed by atoms with Crippen LogP contribution < -0.4 is 5.32 Å². The predicted molar refractivity (Wildman–Crippen MR) is 87.0 cm³/mol. The number of hydrogen-bond donors (Lipinski definition) is 1. The van der Waals surface area contributed by atoms with Crippen LogP contribution in [0.15, 0.2) is 54.6 Å². The highest BCUT2D eigenvalue weighted by molar-refractivity contribution is 7.99. The van der Waals surface area contributed by atoms with Gasteiger partial charge in [-0.25, -0.2) is 0 Å². The summed E-state index contributed by atoms with van der Waals surface area (Å²) in [4.78, 5) is 12.1. The minimum atomic E-state index is -0.0734. The molecule has 0 saturated carbocycles. The molecule has 0 spiro atoms. The molecule has 0 saturated heterocycles. The SMILES string of the molecule is Cc1cccc(NC(=O)[C@H](C)SCc2ccccc2)c1. The van der Waals surface area contributed by atoms with Crippen LogP contribution in [0.4, 0.5) is 5.69 Å². The zero-order valence-corrected chi connectivity index (χ0v) is 12.6. The third kappa shape index (κ3) is 4.42. The number of benzene rings is 2. The minimum absolute atomic E-state index is 0.0523. The molecule has 20 heavy (non-hydrogen) atoms. The largest absolute Gasteiger partial charge is 0.325 e. The molecule has 2 nitrogen and oxygen atoms in total. The second-order valence-corrected chi connectivity index (χ2v) is 6.13. The molecule has 1 atom stereocenters. The van der Waals surface area contributed by atoms with Crippen molar-refractivity contribution in [3.05, 3.63) is 65.7 Å². The van der Waals surface area contributed by atoms with Crippen molar-refractivity contribution in [1.82, 2.24) is 0 Å². The van der Waals surface area contributed by atoms with Gasteiger partial charge in [-0.3, -0.25) is 4.79 Å². The van der Waals surface area contributed by atoms with Gasteiger partial charge in [0.05, 0.1) is 5.25 Å². The fourth-order valence-corrected chi connectivity index (χ4v) is 2.68. The van der Waals surface area contributed by atoms with E-state index in [1.54, 1.807) is 11.8 Å². The lowest BCUT2D eigenvalue weighted by molar-refractivity contribution is -0.115. The maximum atomic E-state index is 12.1. The van der Waals surface area contributed by atoms with E-state index >= 15 is 0 Å². The average molecular weight is 285 g/mol. The first-order valence-corrected chi connectivity index (χ1v) is 7.73. The highest BCUT2D eigenvalue weighted by Crippen LogP contribution is 2.19. The third-order valence-corrected chi connectivity index (χ3v) is 4.21. The first kappa shape index (κ1) is 14.7. The number of amides is 1. The highest BCUT2D eigenvalue weighted by Gasteiger charge is 2.13. The third-order valence-electron chi connectivity index (χ3n) is 3.00. The maximum absolute atomic E-state index is 12.1.